The molecule has 1 aromatic carbocycles. The highest BCUT2D eigenvalue weighted by molar-refractivity contribution is 5.93. The number of carboxylic acid groups (broad SMARTS) is 1. The highest BCUT2D eigenvalue weighted by Gasteiger charge is 2.42. The molecule has 9 heteroatoms. The molecule has 3 N–H and O–H groups in total. The van der Waals surface area contributed by atoms with Gasteiger partial charge in [-0.15, -0.1) is 0 Å². The first kappa shape index (κ1) is 22.2. The Kier molecular flexibility index (Phi) is 5.92. The molecule has 1 aromatic heterocycles. The number of phenolic OH excluding ortho intramolecular Hbond substituents is 1. The number of phenols is 1. The van der Waals surface area contributed by atoms with Crippen molar-refractivity contribution in [1.82, 2.24) is 14.9 Å². The Hall–Kier alpha value is -2.97. The van der Waals surface area contributed by atoms with Crippen LogP contribution in [0.2, 0.25) is 0 Å². The van der Waals surface area contributed by atoms with Gasteiger partial charge in [-0.25, -0.2) is 9.78 Å². The van der Waals surface area contributed by atoms with Crippen LogP contribution in [-0.4, -0.2) is 70.0 Å². The van der Waals surface area contributed by atoms with Crippen molar-refractivity contribution >= 4 is 28.8 Å². The van der Waals surface area contributed by atoms with Gasteiger partial charge in [-0.1, -0.05) is 20.8 Å². The number of carbonyl (C=O) groups is 1. The van der Waals surface area contributed by atoms with Gasteiger partial charge < -0.3 is 30.1 Å². The Morgan fingerprint density at radius 1 is 1.16 bits per heavy atom. The van der Waals surface area contributed by atoms with Crippen LogP contribution in [0.25, 0.3) is 10.9 Å². The van der Waals surface area contributed by atoms with Gasteiger partial charge in [0.1, 0.15) is 5.82 Å². The van der Waals surface area contributed by atoms with E-state index in [0.717, 1.165) is 44.2 Å². The summed E-state index contributed by atoms with van der Waals surface area (Å²) in [5.41, 5.74) is 0.369. The van der Waals surface area contributed by atoms with Gasteiger partial charge in [0.15, 0.2) is 11.5 Å². The fourth-order valence-corrected chi connectivity index (χ4v) is 5.07. The molecule has 0 aliphatic carbocycles. The topological polar surface area (TPSA) is 111 Å². The monoisotopic (exact) mass is 443 g/mol. The van der Waals surface area contributed by atoms with Crippen molar-refractivity contribution in [3.8, 4) is 11.5 Å². The molecule has 2 saturated heterocycles. The number of aromatic nitrogens is 2. The van der Waals surface area contributed by atoms with Crippen LogP contribution < -0.4 is 15.0 Å². The highest BCUT2D eigenvalue weighted by Crippen LogP contribution is 2.38. The van der Waals surface area contributed by atoms with Crippen molar-refractivity contribution in [2.24, 2.45) is 5.41 Å². The fraction of sp³-hybridized carbons (Fsp3) is 0.609. The Morgan fingerprint density at radius 3 is 2.50 bits per heavy atom. The summed E-state index contributed by atoms with van der Waals surface area (Å²) in [5.74, 6) is 1.64. The summed E-state index contributed by atoms with van der Waals surface area (Å²) in [6.07, 6.45) is 2.92. The van der Waals surface area contributed by atoms with E-state index in [1.165, 1.54) is 7.11 Å². The Bertz CT molecular complexity index is 1000. The molecule has 2 aliphatic rings. The molecule has 1 amide bonds. The smallest absolute Gasteiger partial charge is 0.407 e. The number of ether oxygens (including phenoxy) is 1. The first-order valence-corrected chi connectivity index (χ1v) is 11.3. The number of piperidine rings is 1. The summed E-state index contributed by atoms with van der Waals surface area (Å²) in [4.78, 5) is 25.3. The van der Waals surface area contributed by atoms with Crippen LogP contribution >= 0.6 is 0 Å². The Balaban J connectivity index is 1.79. The highest BCUT2D eigenvalue weighted by atomic mass is 16.5. The number of likely N-dealkylation sites (tertiary alicyclic amines) is 1. The van der Waals surface area contributed by atoms with Crippen LogP contribution in [0.5, 0.6) is 11.5 Å². The quantitative estimate of drug-likeness (QED) is 0.652. The maximum atomic E-state index is 12.0. The minimum atomic E-state index is -0.895. The Morgan fingerprint density at radius 2 is 1.88 bits per heavy atom. The predicted molar refractivity (Wildman–Crippen MR) is 124 cm³/mol. The first-order valence-electron chi connectivity index (χ1n) is 11.3. The van der Waals surface area contributed by atoms with Crippen molar-refractivity contribution in [1.29, 1.82) is 0 Å². The second-order valence-electron chi connectivity index (χ2n) is 9.79. The molecule has 2 fully saturated rings. The maximum Gasteiger partial charge on any atom is 0.407 e. The molecule has 0 bridgehead atoms. The molecule has 174 valence electrons. The van der Waals surface area contributed by atoms with E-state index >= 15 is 0 Å². The molecule has 0 radical (unpaired) electrons. The standard InChI is InChI=1S/C23H33N5O4/c1-23(2,3)19-15(8-7-11-28(19)22(30)31)24-20-14-12-18(32-4)17(29)13-16(14)25-21(26-20)27-9-5-6-10-27/h12-13,15,19,29H,5-11H2,1-4H3,(H,30,31)(H,24,25,26). The van der Waals surface area contributed by atoms with Crippen LogP contribution in [0.1, 0.15) is 46.5 Å². The van der Waals surface area contributed by atoms with Crippen molar-refractivity contribution in [3.05, 3.63) is 12.1 Å². The van der Waals surface area contributed by atoms with E-state index in [2.05, 4.69) is 31.0 Å². The number of rotatable bonds is 4. The van der Waals surface area contributed by atoms with Gasteiger partial charge in [0, 0.05) is 37.1 Å². The molecule has 2 aliphatic heterocycles. The number of fused-ring (bicyclic) bond motifs is 1. The van der Waals surface area contributed by atoms with Crippen molar-refractivity contribution in [3.63, 3.8) is 0 Å². The SMILES string of the molecule is COc1cc2c(NC3CCCN(C(=O)O)C3C(C)(C)C)nc(N3CCCC3)nc2cc1O. The molecule has 2 atom stereocenters. The molecule has 4 rings (SSSR count). The van der Waals surface area contributed by atoms with Crippen molar-refractivity contribution in [2.75, 3.05) is 37.0 Å². The number of nitrogens with one attached hydrogen (secondary N) is 1. The Labute approximate surface area is 188 Å². The van der Waals surface area contributed by atoms with E-state index in [1.54, 1.807) is 17.0 Å². The third kappa shape index (κ3) is 4.20. The van der Waals surface area contributed by atoms with Gasteiger partial charge in [-0.2, -0.15) is 4.98 Å². The van der Waals surface area contributed by atoms with Gasteiger partial charge in [-0.05, 0) is 37.2 Å². The minimum Gasteiger partial charge on any atom is -0.504 e. The van der Waals surface area contributed by atoms with Gasteiger partial charge >= 0.3 is 6.09 Å². The second kappa shape index (κ2) is 8.52. The average Bonchev–Trinajstić information content (AvgIpc) is 3.27. The largest absolute Gasteiger partial charge is 0.504 e. The summed E-state index contributed by atoms with van der Waals surface area (Å²) < 4.78 is 5.32. The summed E-state index contributed by atoms with van der Waals surface area (Å²) >= 11 is 0. The lowest BCUT2D eigenvalue weighted by molar-refractivity contribution is 0.0519. The van der Waals surface area contributed by atoms with Crippen molar-refractivity contribution < 1.29 is 19.7 Å². The van der Waals surface area contributed by atoms with E-state index in [4.69, 9.17) is 14.7 Å². The zero-order valence-electron chi connectivity index (χ0n) is 19.3. The number of hydrogen-bond acceptors (Lipinski definition) is 7. The number of hydrogen-bond donors (Lipinski definition) is 3. The minimum absolute atomic E-state index is 0.0271. The molecule has 0 saturated carbocycles. The number of benzene rings is 1. The number of nitrogens with zero attached hydrogens (tertiary/aromatic N) is 4. The lowest BCUT2D eigenvalue weighted by atomic mass is 9.77. The number of anilines is 2. The number of methoxy groups -OCH3 is 1. The third-order valence-corrected chi connectivity index (χ3v) is 6.46. The van der Waals surface area contributed by atoms with E-state index in [0.29, 0.717) is 29.6 Å². The number of amides is 1. The molecular weight excluding hydrogens is 410 g/mol. The van der Waals surface area contributed by atoms with E-state index < -0.39 is 6.09 Å². The van der Waals surface area contributed by atoms with E-state index in [-0.39, 0.29) is 23.2 Å². The lowest BCUT2D eigenvalue weighted by Crippen LogP contribution is -2.58. The zero-order chi connectivity index (χ0) is 23.0. The van der Waals surface area contributed by atoms with Crippen LogP contribution in [0.4, 0.5) is 16.6 Å². The van der Waals surface area contributed by atoms with Gasteiger partial charge in [0.05, 0.1) is 18.7 Å². The molecule has 2 aromatic rings. The maximum absolute atomic E-state index is 12.0. The number of aromatic hydroxyl groups is 1. The molecule has 9 nitrogen and oxygen atoms in total. The van der Waals surface area contributed by atoms with Gasteiger partial charge in [0.25, 0.3) is 0 Å². The molecule has 32 heavy (non-hydrogen) atoms. The van der Waals surface area contributed by atoms with Gasteiger partial charge in [0.2, 0.25) is 5.95 Å². The third-order valence-electron chi connectivity index (χ3n) is 6.46. The summed E-state index contributed by atoms with van der Waals surface area (Å²) in [7, 11) is 1.51. The first-order chi connectivity index (χ1) is 15.2. The molecule has 2 unspecified atom stereocenters. The van der Waals surface area contributed by atoms with Crippen LogP contribution in [0, 0.1) is 5.41 Å². The zero-order valence-corrected chi connectivity index (χ0v) is 19.3. The van der Waals surface area contributed by atoms with Crippen molar-refractivity contribution in [2.45, 2.75) is 58.5 Å². The second-order valence-corrected chi connectivity index (χ2v) is 9.79. The van der Waals surface area contributed by atoms with Crippen LogP contribution in [-0.2, 0) is 0 Å². The van der Waals surface area contributed by atoms with E-state index in [1.807, 2.05) is 0 Å². The van der Waals surface area contributed by atoms with Crippen LogP contribution in [0.3, 0.4) is 0 Å². The molecule has 0 spiro atoms. The summed E-state index contributed by atoms with van der Waals surface area (Å²) in [6.45, 7) is 8.54. The predicted octanol–water partition coefficient (Wildman–Crippen LogP) is 3.91. The van der Waals surface area contributed by atoms with E-state index in [9.17, 15) is 15.0 Å². The summed E-state index contributed by atoms with van der Waals surface area (Å²) in [5, 5.41) is 24.5. The van der Waals surface area contributed by atoms with Gasteiger partial charge in [-0.3, -0.25) is 0 Å². The molecular formula is C23H33N5O4. The lowest BCUT2D eigenvalue weighted by Gasteiger charge is -2.47. The van der Waals surface area contributed by atoms with Crippen LogP contribution in [0.15, 0.2) is 12.1 Å². The average molecular weight is 444 g/mol. The molecule has 3 heterocycles. The fourth-order valence-electron chi connectivity index (χ4n) is 5.07. The summed E-state index contributed by atoms with van der Waals surface area (Å²) in [6, 6.07) is 3.02. The normalized spacial score (nSPS) is 21.8.